The van der Waals surface area contributed by atoms with Crippen LogP contribution in [-0.4, -0.2) is 11.7 Å². The lowest BCUT2D eigenvalue weighted by molar-refractivity contribution is 0.693. The lowest BCUT2D eigenvalue weighted by Crippen LogP contribution is -2.37. The quantitative estimate of drug-likeness (QED) is 0.792. The molecule has 1 aromatic rings. The first-order valence-electron chi connectivity index (χ1n) is 6.68. The van der Waals surface area contributed by atoms with Crippen LogP contribution in [0.4, 0.5) is 0 Å². The van der Waals surface area contributed by atoms with Crippen molar-refractivity contribution in [3.8, 4) is 0 Å². The third kappa shape index (κ3) is 4.65. The number of rotatable bonds is 5. The monoisotopic (exact) mass is 264 g/mol. The van der Waals surface area contributed by atoms with Crippen LogP contribution in [0.1, 0.15) is 57.2 Å². The lowest BCUT2D eigenvalue weighted by atomic mass is 10.00. The summed E-state index contributed by atoms with van der Waals surface area (Å²) in [6.07, 6.45) is 1.08. The van der Waals surface area contributed by atoms with E-state index < -0.39 is 0 Å². The SMILES string of the molecule is CCCNC(=S)NC(C)c1ccc(C(C)C)cc1. The van der Waals surface area contributed by atoms with E-state index in [1.807, 2.05) is 0 Å². The van der Waals surface area contributed by atoms with Gasteiger partial charge in [-0.1, -0.05) is 45.0 Å². The highest BCUT2D eigenvalue weighted by Gasteiger charge is 2.07. The van der Waals surface area contributed by atoms with Gasteiger partial charge in [0.2, 0.25) is 0 Å². The molecule has 0 bridgehead atoms. The second kappa shape index (κ2) is 7.37. The molecule has 0 aromatic heterocycles. The van der Waals surface area contributed by atoms with E-state index in [1.54, 1.807) is 0 Å². The average molecular weight is 264 g/mol. The molecule has 2 N–H and O–H groups in total. The summed E-state index contributed by atoms with van der Waals surface area (Å²) in [5.74, 6) is 0.578. The van der Waals surface area contributed by atoms with Crippen LogP contribution in [0.3, 0.4) is 0 Å². The van der Waals surface area contributed by atoms with Crippen molar-refractivity contribution < 1.29 is 0 Å². The number of hydrogen-bond acceptors (Lipinski definition) is 1. The van der Waals surface area contributed by atoms with E-state index in [9.17, 15) is 0 Å². The van der Waals surface area contributed by atoms with Gasteiger partial charge >= 0.3 is 0 Å². The van der Waals surface area contributed by atoms with Crippen molar-refractivity contribution in [2.24, 2.45) is 0 Å². The Morgan fingerprint density at radius 3 is 2.17 bits per heavy atom. The van der Waals surface area contributed by atoms with Gasteiger partial charge in [-0.2, -0.15) is 0 Å². The number of hydrogen-bond donors (Lipinski definition) is 2. The third-order valence-corrected chi connectivity index (χ3v) is 3.25. The number of nitrogens with one attached hydrogen (secondary N) is 2. The van der Waals surface area contributed by atoms with Crippen molar-refractivity contribution in [3.05, 3.63) is 35.4 Å². The highest BCUT2D eigenvalue weighted by Crippen LogP contribution is 2.18. The smallest absolute Gasteiger partial charge is 0.166 e. The fourth-order valence-electron chi connectivity index (χ4n) is 1.74. The molecule has 0 fully saturated rings. The summed E-state index contributed by atoms with van der Waals surface area (Å²) in [4.78, 5) is 0. The van der Waals surface area contributed by atoms with Gasteiger partial charge in [0.05, 0.1) is 6.04 Å². The van der Waals surface area contributed by atoms with E-state index in [-0.39, 0.29) is 6.04 Å². The molecule has 0 saturated carbocycles. The molecular weight excluding hydrogens is 240 g/mol. The van der Waals surface area contributed by atoms with E-state index in [1.165, 1.54) is 11.1 Å². The van der Waals surface area contributed by atoms with Crippen molar-refractivity contribution in [2.75, 3.05) is 6.54 Å². The molecule has 1 rings (SSSR count). The van der Waals surface area contributed by atoms with E-state index in [2.05, 4.69) is 62.6 Å². The summed E-state index contributed by atoms with van der Waals surface area (Å²) in [6, 6.07) is 8.98. The predicted octanol–water partition coefficient (Wildman–Crippen LogP) is 3.75. The van der Waals surface area contributed by atoms with Gasteiger partial charge in [-0.05, 0) is 42.6 Å². The van der Waals surface area contributed by atoms with Crippen LogP contribution in [0.5, 0.6) is 0 Å². The van der Waals surface area contributed by atoms with Gasteiger partial charge in [-0.25, -0.2) is 0 Å². The maximum atomic E-state index is 5.24. The van der Waals surface area contributed by atoms with Gasteiger partial charge in [-0.15, -0.1) is 0 Å². The minimum atomic E-state index is 0.239. The largest absolute Gasteiger partial charge is 0.363 e. The molecule has 0 radical (unpaired) electrons. The Bertz CT molecular complexity index is 371. The summed E-state index contributed by atoms with van der Waals surface area (Å²) in [6.45, 7) is 9.60. The maximum absolute atomic E-state index is 5.24. The molecule has 2 nitrogen and oxygen atoms in total. The van der Waals surface area contributed by atoms with Gasteiger partial charge in [0, 0.05) is 6.54 Å². The summed E-state index contributed by atoms with van der Waals surface area (Å²) < 4.78 is 0. The maximum Gasteiger partial charge on any atom is 0.166 e. The summed E-state index contributed by atoms with van der Waals surface area (Å²) in [5.41, 5.74) is 2.64. The molecule has 3 heteroatoms. The third-order valence-electron chi connectivity index (χ3n) is 2.99. The Kier molecular flexibility index (Phi) is 6.13. The molecule has 0 aliphatic heterocycles. The molecule has 0 saturated heterocycles. The van der Waals surface area contributed by atoms with E-state index in [0.29, 0.717) is 5.92 Å². The van der Waals surface area contributed by atoms with E-state index in [4.69, 9.17) is 12.2 Å². The second-order valence-electron chi connectivity index (χ2n) is 4.94. The van der Waals surface area contributed by atoms with Crippen LogP contribution in [0.15, 0.2) is 24.3 Å². The lowest BCUT2D eigenvalue weighted by Gasteiger charge is -2.18. The molecule has 1 unspecified atom stereocenters. The first-order valence-corrected chi connectivity index (χ1v) is 7.09. The Labute approximate surface area is 116 Å². The van der Waals surface area contributed by atoms with Crippen molar-refractivity contribution in [3.63, 3.8) is 0 Å². The van der Waals surface area contributed by atoms with Gasteiger partial charge < -0.3 is 10.6 Å². The van der Waals surface area contributed by atoms with Crippen LogP contribution in [0.25, 0.3) is 0 Å². The van der Waals surface area contributed by atoms with Crippen LogP contribution < -0.4 is 10.6 Å². The van der Waals surface area contributed by atoms with Crippen LogP contribution in [0, 0.1) is 0 Å². The number of benzene rings is 1. The standard InChI is InChI=1S/C15H24N2S/c1-5-10-16-15(18)17-12(4)14-8-6-13(7-9-14)11(2)3/h6-9,11-12H,5,10H2,1-4H3,(H2,16,17,18). The fourth-order valence-corrected chi connectivity index (χ4v) is 2.02. The second-order valence-corrected chi connectivity index (χ2v) is 5.35. The zero-order valence-electron chi connectivity index (χ0n) is 11.8. The molecule has 0 aliphatic carbocycles. The fraction of sp³-hybridized carbons (Fsp3) is 0.533. The molecule has 0 spiro atoms. The van der Waals surface area contributed by atoms with Crippen LogP contribution in [-0.2, 0) is 0 Å². The van der Waals surface area contributed by atoms with Crippen molar-refractivity contribution in [2.45, 2.75) is 46.1 Å². The van der Waals surface area contributed by atoms with Gasteiger partial charge in [0.1, 0.15) is 0 Å². The van der Waals surface area contributed by atoms with Gasteiger partial charge in [0.15, 0.2) is 5.11 Å². The molecule has 18 heavy (non-hydrogen) atoms. The van der Waals surface area contributed by atoms with Gasteiger partial charge in [-0.3, -0.25) is 0 Å². The van der Waals surface area contributed by atoms with Crippen molar-refractivity contribution in [1.82, 2.24) is 10.6 Å². The zero-order chi connectivity index (χ0) is 13.5. The zero-order valence-corrected chi connectivity index (χ0v) is 12.6. The predicted molar refractivity (Wildman–Crippen MR) is 83.0 cm³/mol. The topological polar surface area (TPSA) is 24.1 Å². The molecule has 0 aliphatic rings. The van der Waals surface area contributed by atoms with E-state index >= 15 is 0 Å². The summed E-state index contributed by atoms with van der Waals surface area (Å²) >= 11 is 5.24. The van der Waals surface area contributed by atoms with Gasteiger partial charge in [0.25, 0.3) is 0 Å². The minimum Gasteiger partial charge on any atom is -0.363 e. The Balaban J connectivity index is 2.56. The van der Waals surface area contributed by atoms with Crippen molar-refractivity contribution in [1.29, 1.82) is 0 Å². The van der Waals surface area contributed by atoms with Crippen LogP contribution in [0.2, 0.25) is 0 Å². The average Bonchev–Trinajstić information content (AvgIpc) is 2.36. The number of thiocarbonyl (C=S) groups is 1. The summed E-state index contributed by atoms with van der Waals surface area (Å²) in [5, 5.41) is 7.22. The highest BCUT2D eigenvalue weighted by atomic mass is 32.1. The molecular formula is C15H24N2S. The Hall–Kier alpha value is -1.09. The Morgan fingerprint density at radius 2 is 1.67 bits per heavy atom. The summed E-state index contributed by atoms with van der Waals surface area (Å²) in [7, 11) is 0. The Morgan fingerprint density at radius 1 is 1.11 bits per heavy atom. The first kappa shape index (κ1) is 15.0. The molecule has 1 aromatic carbocycles. The molecule has 1 atom stereocenters. The van der Waals surface area contributed by atoms with Crippen LogP contribution >= 0.6 is 12.2 Å². The van der Waals surface area contributed by atoms with Crippen molar-refractivity contribution >= 4 is 17.3 Å². The minimum absolute atomic E-state index is 0.239. The molecule has 0 amide bonds. The highest BCUT2D eigenvalue weighted by molar-refractivity contribution is 7.80. The first-order chi connectivity index (χ1) is 8.54. The normalized spacial score (nSPS) is 12.3. The molecule has 100 valence electrons. The molecule has 0 heterocycles. The van der Waals surface area contributed by atoms with E-state index in [0.717, 1.165) is 18.1 Å².